The van der Waals surface area contributed by atoms with Crippen molar-refractivity contribution >= 4 is 54.2 Å². The first-order chi connectivity index (χ1) is 25.9. The van der Waals surface area contributed by atoms with E-state index < -0.39 is 48.1 Å². The second kappa shape index (κ2) is 15.8. The Morgan fingerprint density at radius 2 is 1.58 bits per heavy atom. The first kappa shape index (κ1) is 40.0. The standard InChI is InChI=1S/C36H36F5N7O4S3/c1-22(2)34-45-31(23-6-4-7-24(20-23)46-55(51,52)33-27(37)8-5-9-28(33)38)32(53-34)30-12-13-42-35(44-30)43-29-11-10-25(21-26(29)36(39,40)41)48-16-14-47(15-17-48)18-19-54(3,49)50/h4-13,20-22,46H,14-19H2,1-3H3,(H,42,43,44). The minimum atomic E-state index is -4.73. The zero-order chi connectivity index (χ0) is 39.7. The Balaban J connectivity index is 1.27. The SMILES string of the molecule is CC(C)c1nc(-c2cccc(NS(=O)(=O)c3c(F)cccc3F)c2)c(-c2ccnc(Nc3ccc(N4CCN(CCS(C)(=O)=O)CC4)cc3C(F)(F)F)n2)s1. The van der Waals surface area contributed by atoms with Crippen molar-refractivity contribution in [2.75, 3.05) is 59.7 Å². The van der Waals surface area contributed by atoms with E-state index in [0.29, 0.717) is 65.2 Å². The molecule has 2 aromatic heterocycles. The molecule has 1 aliphatic heterocycles. The molecule has 0 bridgehead atoms. The van der Waals surface area contributed by atoms with E-state index in [2.05, 4.69) is 20.0 Å². The summed E-state index contributed by atoms with van der Waals surface area (Å²) in [6, 6.07) is 14.3. The zero-order valence-corrected chi connectivity index (χ0v) is 32.2. The van der Waals surface area contributed by atoms with Gasteiger partial charge in [0.1, 0.15) is 21.5 Å². The number of piperazine rings is 1. The van der Waals surface area contributed by atoms with E-state index in [0.717, 1.165) is 24.3 Å². The highest BCUT2D eigenvalue weighted by Gasteiger charge is 2.35. The third-order valence-corrected chi connectivity index (χ3v) is 12.4. The van der Waals surface area contributed by atoms with Gasteiger partial charge in [-0.05, 0) is 48.5 Å². The maximum atomic E-state index is 14.5. The molecular formula is C36H36F5N7O4S3. The fraction of sp³-hybridized carbons (Fsp3) is 0.306. The van der Waals surface area contributed by atoms with Crippen LogP contribution in [-0.4, -0.2) is 81.4 Å². The fourth-order valence-electron chi connectivity index (χ4n) is 5.89. The van der Waals surface area contributed by atoms with E-state index >= 15 is 0 Å². The number of aromatic nitrogens is 3. The maximum absolute atomic E-state index is 14.5. The molecule has 5 aromatic rings. The summed E-state index contributed by atoms with van der Waals surface area (Å²) in [5.41, 5.74) is 0.351. The van der Waals surface area contributed by atoms with Gasteiger partial charge in [-0.3, -0.25) is 9.62 Å². The van der Waals surface area contributed by atoms with Crippen LogP contribution in [0.5, 0.6) is 0 Å². The van der Waals surface area contributed by atoms with Crippen LogP contribution in [0.1, 0.15) is 30.3 Å². The molecule has 3 aromatic carbocycles. The van der Waals surface area contributed by atoms with Crippen LogP contribution in [0.15, 0.2) is 77.8 Å². The number of benzene rings is 3. The van der Waals surface area contributed by atoms with Crippen molar-refractivity contribution < 1.29 is 38.8 Å². The molecule has 2 N–H and O–H groups in total. The Labute approximate surface area is 319 Å². The molecule has 0 amide bonds. The van der Waals surface area contributed by atoms with Crippen LogP contribution in [0.2, 0.25) is 0 Å². The Morgan fingerprint density at radius 1 is 0.891 bits per heavy atom. The molecular weight excluding hydrogens is 786 g/mol. The van der Waals surface area contributed by atoms with E-state index in [-0.39, 0.29) is 29.0 Å². The lowest BCUT2D eigenvalue weighted by molar-refractivity contribution is -0.136. The highest BCUT2D eigenvalue weighted by Crippen LogP contribution is 2.41. The van der Waals surface area contributed by atoms with Gasteiger partial charge in [-0.15, -0.1) is 11.3 Å². The summed E-state index contributed by atoms with van der Waals surface area (Å²) in [6.45, 7) is 6.06. The minimum absolute atomic E-state index is 0.00666. The molecule has 3 heterocycles. The van der Waals surface area contributed by atoms with Crippen LogP contribution in [-0.2, 0) is 26.0 Å². The molecule has 6 rings (SSSR count). The maximum Gasteiger partial charge on any atom is 0.418 e. The number of sulfonamides is 1. The number of nitrogens with zero attached hydrogens (tertiary/aromatic N) is 5. The number of anilines is 4. The number of hydrogen-bond acceptors (Lipinski definition) is 11. The van der Waals surface area contributed by atoms with Crippen LogP contribution in [0.25, 0.3) is 21.8 Å². The van der Waals surface area contributed by atoms with Crippen molar-refractivity contribution in [3.8, 4) is 21.8 Å². The number of thiazole rings is 1. The van der Waals surface area contributed by atoms with Gasteiger partial charge in [0.05, 0.1) is 38.3 Å². The van der Waals surface area contributed by atoms with Gasteiger partial charge in [-0.25, -0.2) is 40.6 Å². The van der Waals surface area contributed by atoms with Crippen molar-refractivity contribution in [1.82, 2.24) is 19.9 Å². The van der Waals surface area contributed by atoms with Gasteiger partial charge in [0.15, 0.2) is 4.90 Å². The van der Waals surface area contributed by atoms with Crippen molar-refractivity contribution in [2.24, 2.45) is 0 Å². The quantitative estimate of drug-likeness (QED) is 0.123. The zero-order valence-electron chi connectivity index (χ0n) is 29.7. The summed E-state index contributed by atoms with van der Waals surface area (Å²) in [6.07, 6.45) is -2.17. The number of sulfone groups is 1. The Morgan fingerprint density at radius 3 is 2.24 bits per heavy atom. The number of alkyl halides is 3. The average Bonchev–Trinajstić information content (AvgIpc) is 3.57. The lowest BCUT2D eigenvalue weighted by atomic mass is 10.1. The first-order valence-electron chi connectivity index (χ1n) is 16.9. The minimum Gasteiger partial charge on any atom is -0.369 e. The lowest BCUT2D eigenvalue weighted by Gasteiger charge is -2.36. The molecule has 0 atom stereocenters. The van der Waals surface area contributed by atoms with Gasteiger partial charge in [0, 0.05) is 68.0 Å². The molecule has 0 radical (unpaired) electrons. The largest absolute Gasteiger partial charge is 0.418 e. The Kier molecular flexibility index (Phi) is 11.5. The second-order valence-electron chi connectivity index (χ2n) is 13.2. The molecule has 0 unspecified atom stereocenters. The summed E-state index contributed by atoms with van der Waals surface area (Å²) in [7, 11) is -7.80. The number of nitrogens with one attached hydrogen (secondary N) is 2. The predicted molar refractivity (Wildman–Crippen MR) is 203 cm³/mol. The third kappa shape index (κ3) is 9.57. The summed E-state index contributed by atoms with van der Waals surface area (Å²) < 4.78 is 123. The monoisotopic (exact) mass is 821 g/mol. The summed E-state index contributed by atoms with van der Waals surface area (Å²) in [5, 5.41) is 3.42. The van der Waals surface area contributed by atoms with Gasteiger partial charge in [-0.2, -0.15) is 13.2 Å². The Bertz CT molecular complexity index is 2400. The molecule has 292 valence electrons. The molecule has 55 heavy (non-hydrogen) atoms. The second-order valence-corrected chi connectivity index (χ2v) is 18.1. The molecule has 1 fully saturated rings. The predicted octanol–water partition coefficient (Wildman–Crippen LogP) is 7.40. The number of rotatable bonds is 12. The van der Waals surface area contributed by atoms with E-state index in [4.69, 9.17) is 4.98 Å². The van der Waals surface area contributed by atoms with Gasteiger partial charge in [0.2, 0.25) is 5.95 Å². The van der Waals surface area contributed by atoms with Crippen LogP contribution in [0.4, 0.5) is 45.0 Å². The van der Waals surface area contributed by atoms with Gasteiger partial charge >= 0.3 is 6.18 Å². The molecule has 19 heteroatoms. The van der Waals surface area contributed by atoms with Crippen LogP contribution < -0.4 is 14.9 Å². The third-order valence-electron chi connectivity index (χ3n) is 8.67. The topological polar surface area (TPSA) is 137 Å². The van der Waals surface area contributed by atoms with Gasteiger partial charge < -0.3 is 10.2 Å². The number of hydrogen-bond donors (Lipinski definition) is 2. The van der Waals surface area contributed by atoms with Crippen molar-refractivity contribution in [2.45, 2.75) is 30.8 Å². The van der Waals surface area contributed by atoms with Crippen molar-refractivity contribution in [3.05, 3.63) is 95.1 Å². The molecule has 1 saturated heterocycles. The van der Waals surface area contributed by atoms with Crippen molar-refractivity contribution in [1.29, 1.82) is 0 Å². The molecule has 11 nitrogen and oxygen atoms in total. The molecule has 0 saturated carbocycles. The summed E-state index contributed by atoms with van der Waals surface area (Å²) in [5.74, 6) is -2.65. The van der Waals surface area contributed by atoms with Gasteiger partial charge in [0.25, 0.3) is 10.0 Å². The van der Waals surface area contributed by atoms with Crippen molar-refractivity contribution in [3.63, 3.8) is 0 Å². The molecule has 0 aliphatic carbocycles. The molecule has 0 spiro atoms. The number of halogens is 5. The average molecular weight is 822 g/mol. The first-order valence-corrected chi connectivity index (χ1v) is 21.3. The highest BCUT2D eigenvalue weighted by molar-refractivity contribution is 7.92. The van der Waals surface area contributed by atoms with Crippen LogP contribution in [0, 0.1) is 11.6 Å². The van der Waals surface area contributed by atoms with E-state index in [9.17, 15) is 38.8 Å². The fourth-order valence-corrected chi connectivity index (χ4v) is 8.73. The van der Waals surface area contributed by atoms with E-state index in [1.165, 1.54) is 48.1 Å². The van der Waals surface area contributed by atoms with E-state index in [1.807, 2.05) is 23.6 Å². The normalized spacial score (nSPS) is 14.4. The molecule has 1 aliphatic rings. The van der Waals surface area contributed by atoms with Crippen LogP contribution >= 0.6 is 11.3 Å². The Hall–Kier alpha value is -4.72. The smallest absolute Gasteiger partial charge is 0.369 e. The lowest BCUT2D eigenvalue weighted by Crippen LogP contribution is -2.47. The van der Waals surface area contributed by atoms with Crippen LogP contribution in [0.3, 0.4) is 0 Å². The summed E-state index contributed by atoms with van der Waals surface area (Å²) in [4.78, 5) is 16.7. The summed E-state index contributed by atoms with van der Waals surface area (Å²) >= 11 is 1.29. The van der Waals surface area contributed by atoms with Gasteiger partial charge in [-0.1, -0.05) is 32.0 Å². The van der Waals surface area contributed by atoms with E-state index in [1.54, 1.807) is 18.2 Å². The highest BCUT2D eigenvalue weighted by atomic mass is 32.2.